The number of hydrogen-bond acceptors (Lipinski definition) is 1. The Balaban J connectivity index is 2.29. The highest BCUT2D eigenvalue weighted by atomic mass is 16.1. The molecule has 0 aromatic heterocycles. The number of rotatable bonds is 0. The van der Waals surface area contributed by atoms with Crippen LogP contribution in [0, 0.1) is 7.05 Å². The maximum Gasteiger partial charge on any atom is 0.143 e. The van der Waals surface area contributed by atoms with Crippen LogP contribution in [0.5, 0.6) is 0 Å². The van der Waals surface area contributed by atoms with Crippen molar-refractivity contribution < 1.29 is 9.69 Å². The molecule has 0 radical (unpaired) electrons. The van der Waals surface area contributed by atoms with Crippen LogP contribution in [0.15, 0.2) is 0 Å². The van der Waals surface area contributed by atoms with Crippen LogP contribution in [0.1, 0.15) is 12.8 Å². The number of carbonyl (C=O) groups excluding carboxylic acids is 1. The molecule has 0 aromatic rings. The lowest BCUT2D eigenvalue weighted by Gasteiger charge is -2.23. The molecule has 0 aromatic carbocycles. The second-order valence-corrected chi connectivity index (χ2v) is 2.29. The summed E-state index contributed by atoms with van der Waals surface area (Å²) in [6.07, 6.45) is 1.47. The molecule has 0 atom stereocenters. The highest BCUT2D eigenvalue weighted by Gasteiger charge is 2.11. The fraction of sp³-hybridized carbons (Fsp3) is 0.667. The standard InChI is InChI=1S/C6H11NO/c1-7-4-2-6(8)3-5-7/h7H,1-5H2. The van der Waals surface area contributed by atoms with Gasteiger partial charge in [-0.1, -0.05) is 0 Å². The summed E-state index contributed by atoms with van der Waals surface area (Å²) < 4.78 is 0. The summed E-state index contributed by atoms with van der Waals surface area (Å²) in [6, 6.07) is 0. The van der Waals surface area contributed by atoms with E-state index in [0.29, 0.717) is 5.78 Å². The van der Waals surface area contributed by atoms with Gasteiger partial charge < -0.3 is 4.90 Å². The smallest absolute Gasteiger partial charge is 0.143 e. The molecule has 1 aliphatic heterocycles. The van der Waals surface area contributed by atoms with E-state index >= 15 is 0 Å². The fourth-order valence-electron chi connectivity index (χ4n) is 0.882. The Bertz CT molecular complexity index is 90.7. The molecule has 0 bridgehead atoms. The van der Waals surface area contributed by atoms with Crippen LogP contribution in [0.4, 0.5) is 0 Å². The van der Waals surface area contributed by atoms with Gasteiger partial charge >= 0.3 is 0 Å². The molecule has 1 fully saturated rings. The molecule has 0 unspecified atom stereocenters. The van der Waals surface area contributed by atoms with E-state index in [1.807, 2.05) is 0 Å². The Hall–Kier alpha value is -0.370. The molecular formula is C6H11NO. The van der Waals surface area contributed by atoms with Crippen molar-refractivity contribution in [1.29, 1.82) is 0 Å². The fourth-order valence-corrected chi connectivity index (χ4v) is 0.882. The molecule has 8 heavy (non-hydrogen) atoms. The first kappa shape index (κ1) is 5.76. The number of quaternary nitrogens is 1. The van der Waals surface area contributed by atoms with Gasteiger partial charge in [0.15, 0.2) is 0 Å². The third-order valence-corrected chi connectivity index (χ3v) is 1.51. The third kappa shape index (κ3) is 1.30. The molecule has 1 heterocycles. The van der Waals surface area contributed by atoms with Crippen molar-refractivity contribution in [2.24, 2.45) is 0 Å². The average Bonchev–Trinajstić information content (AvgIpc) is 1.77. The molecule has 1 rings (SSSR count). The molecule has 2 heteroatoms. The quantitative estimate of drug-likeness (QED) is 0.401. The maximum atomic E-state index is 10.6. The zero-order valence-corrected chi connectivity index (χ0v) is 4.94. The largest absolute Gasteiger partial charge is 0.467 e. The van der Waals surface area contributed by atoms with Gasteiger partial charge in [-0.3, -0.25) is 4.79 Å². The van der Waals surface area contributed by atoms with Crippen LogP contribution in [0.25, 0.3) is 0 Å². The maximum absolute atomic E-state index is 10.6. The first-order valence-electron chi connectivity index (χ1n) is 2.97. The van der Waals surface area contributed by atoms with E-state index in [1.54, 1.807) is 0 Å². The normalized spacial score (nSPS) is 23.9. The number of hydrogen-bond donors (Lipinski definition) is 1. The lowest BCUT2D eigenvalue weighted by molar-refractivity contribution is -0.855. The van der Waals surface area contributed by atoms with Crippen molar-refractivity contribution in [3.05, 3.63) is 7.05 Å². The van der Waals surface area contributed by atoms with Crippen molar-refractivity contribution in [2.45, 2.75) is 12.8 Å². The lowest BCUT2D eigenvalue weighted by Crippen LogP contribution is -3.08. The Kier molecular flexibility index (Phi) is 1.63. The molecular weight excluding hydrogens is 102 g/mol. The van der Waals surface area contributed by atoms with E-state index in [9.17, 15) is 4.79 Å². The molecule has 0 saturated carbocycles. The molecule has 1 aliphatic rings. The summed E-state index contributed by atoms with van der Waals surface area (Å²) in [7, 11) is 3.80. The van der Waals surface area contributed by atoms with Crippen LogP contribution in [0.3, 0.4) is 0 Å². The Labute approximate surface area is 49.5 Å². The van der Waals surface area contributed by atoms with Crippen molar-refractivity contribution in [1.82, 2.24) is 0 Å². The highest BCUT2D eigenvalue weighted by Crippen LogP contribution is 1.88. The highest BCUT2D eigenvalue weighted by molar-refractivity contribution is 5.78. The minimum Gasteiger partial charge on any atom is -0.467 e. The van der Waals surface area contributed by atoms with Crippen LogP contribution >= 0.6 is 0 Å². The monoisotopic (exact) mass is 113 g/mol. The topological polar surface area (TPSA) is 21.5 Å². The zero-order valence-electron chi connectivity index (χ0n) is 4.94. The molecule has 0 spiro atoms. The van der Waals surface area contributed by atoms with Crippen molar-refractivity contribution >= 4 is 5.78 Å². The van der Waals surface area contributed by atoms with E-state index < -0.39 is 0 Å². The van der Waals surface area contributed by atoms with Crippen molar-refractivity contribution in [3.8, 4) is 0 Å². The van der Waals surface area contributed by atoms with Gasteiger partial charge in [-0.2, -0.15) is 7.05 Å². The Morgan fingerprint density at radius 2 is 1.88 bits per heavy atom. The molecule has 2 nitrogen and oxygen atoms in total. The van der Waals surface area contributed by atoms with Crippen LogP contribution in [-0.2, 0) is 4.79 Å². The molecule has 46 valence electrons. The summed E-state index contributed by atoms with van der Waals surface area (Å²) in [5.74, 6) is 0.400. The van der Waals surface area contributed by atoms with Gasteiger partial charge in [0.1, 0.15) is 5.78 Å². The van der Waals surface area contributed by atoms with E-state index in [1.165, 1.54) is 4.90 Å². The predicted molar refractivity (Wildman–Crippen MR) is 30.3 cm³/mol. The average molecular weight is 113 g/mol. The number of piperidine rings is 1. The number of Topliss-reactive ketones (excluding diaryl/α,β-unsaturated/α-hetero) is 1. The van der Waals surface area contributed by atoms with Gasteiger partial charge in [0.25, 0.3) is 0 Å². The van der Waals surface area contributed by atoms with E-state index in [4.69, 9.17) is 0 Å². The number of carbonyl (C=O) groups is 1. The van der Waals surface area contributed by atoms with Gasteiger partial charge in [-0.25, -0.2) is 0 Å². The minimum absolute atomic E-state index is 0.400. The number of likely N-dealkylation sites (tertiary alicyclic amines) is 1. The summed E-state index contributed by atoms with van der Waals surface area (Å²) >= 11 is 0. The molecule has 0 amide bonds. The number of nitrogens with one attached hydrogen (secondary N) is 1. The van der Waals surface area contributed by atoms with Crippen LogP contribution in [-0.4, -0.2) is 18.9 Å². The Morgan fingerprint density at radius 1 is 1.38 bits per heavy atom. The third-order valence-electron chi connectivity index (χ3n) is 1.51. The van der Waals surface area contributed by atoms with Gasteiger partial charge in [-0.05, 0) is 0 Å². The predicted octanol–water partition coefficient (Wildman–Crippen LogP) is -0.974. The second-order valence-electron chi connectivity index (χ2n) is 2.29. The summed E-state index contributed by atoms with van der Waals surface area (Å²) in [5, 5.41) is 0. The van der Waals surface area contributed by atoms with Gasteiger partial charge in [0, 0.05) is 0 Å². The van der Waals surface area contributed by atoms with Crippen molar-refractivity contribution in [3.63, 3.8) is 0 Å². The number of ketones is 1. The molecule has 1 saturated heterocycles. The van der Waals surface area contributed by atoms with Crippen LogP contribution in [0.2, 0.25) is 0 Å². The Morgan fingerprint density at radius 3 is 2.25 bits per heavy atom. The molecule has 1 N–H and O–H groups in total. The van der Waals surface area contributed by atoms with Gasteiger partial charge in [0.05, 0.1) is 25.9 Å². The van der Waals surface area contributed by atoms with E-state index in [-0.39, 0.29) is 0 Å². The minimum atomic E-state index is 0.400. The lowest BCUT2D eigenvalue weighted by atomic mass is 10.1. The SMILES string of the molecule is [CH2-][NH+]1CCC(=O)CC1. The zero-order chi connectivity index (χ0) is 5.98. The summed E-state index contributed by atoms with van der Waals surface area (Å²) in [5.41, 5.74) is 0. The molecule has 0 aliphatic carbocycles. The second kappa shape index (κ2) is 2.27. The van der Waals surface area contributed by atoms with Crippen molar-refractivity contribution in [2.75, 3.05) is 13.1 Å². The first-order valence-corrected chi connectivity index (χ1v) is 2.97. The van der Waals surface area contributed by atoms with E-state index in [2.05, 4.69) is 7.05 Å². The first-order chi connectivity index (χ1) is 3.79. The van der Waals surface area contributed by atoms with E-state index in [0.717, 1.165) is 25.9 Å². The van der Waals surface area contributed by atoms with Gasteiger partial charge in [-0.15, -0.1) is 0 Å². The van der Waals surface area contributed by atoms with Gasteiger partial charge in [0.2, 0.25) is 0 Å². The summed E-state index contributed by atoms with van der Waals surface area (Å²) in [6.45, 7) is 1.86. The summed E-state index contributed by atoms with van der Waals surface area (Å²) in [4.78, 5) is 11.8. The van der Waals surface area contributed by atoms with Crippen LogP contribution < -0.4 is 4.90 Å².